The molecular formula is C16H13ClFNO. The van der Waals surface area contributed by atoms with Crippen molar-refractivity contribution in [3.05, 3.63) is 70.0 Å². The fourth-order valence-corrected chi connectivity index (χ4v) is 2.64. The van der Waals surface area contributed by atoms with Crippen molar-refractivity contribution in [3.63, 3.8) is 0 Å². The molecule has 0 bridgehead atoms. The largest absolute Gasteiger partial charge is 0.334 e. The van der Waals surface area contributed by atoms with E-state index in [2.05, 4.69) is 0 Å². The summed E-state index contributed by atoms with van der Waals surface area (Å²) in [4.78, 5) is 14.1. The standard InChI is InChI=1S/C16H13ClFNO/c17-13-6-5-12(15(18)9-13)10-19-8-7-11-3-1-2-4-14(11)16(19)20/h1-6,9H,7-8,10H2. The Bertz CT molecular complexity index is 671. The molecule has 102 valence electrons. The van der Waals surface area contributed by atoms with Crippen molar-refractivity contribution < 1.29 is 9.18 Å². The number of hydrogen-bond donors (Lipinski definition) is 0. The van der Waals surface area contributed by atoms with Crippen molar-refractivity contribution in [3.8, 4) is 0 Å². The highest BCUT2D eigenvalue weighted by Crippen LogP contribution is 2.22. The van der Waals surface area contributed by atoms with Crippen molar-refractivity contribution in [2.24, 2.45) is 0 Å². The Morgan fingerprint density at radius 1 is 1.20 bits per heavy atom. The molecule has 1 aliphatic heterocycles. The first-order valence-electron chi connectivity index (χ1n) is 6.46. The van der Waals surface area contributed by atoms with Crippen LogP contribution in [0.1, 0.15) is 21.5 Å². The Kier molecular flexibility index (Phi) is 3.45. The van der Waals surface area contributed by atoms with Gasteiger partial charge >= 0.3 is 0 Å². The summed E-state index contributed by atoms with van der Waals surface area (Å²) in [7, 11) is 0. The first kappa shape index (κ1) is 13.1. The molecule has 0 unspecified atom stereocenters. The molecule has 20 heavy (non-hydrogen) atoms. The van der Waals surface area contributed by atoms with Crippen molar-refractivity contribution in [1.29, 1.82) is 0 Å². The highest BCUT2D eigenvalue weighted by atomic mass is 35.5. The number of amides is 1. The number of carbonyl (C=O) groups is 1. The molecule has 0 spiro atoms. The summed E-state index contributed by atoms with van der Waals surface area (Å²) in [6, 6.07) is 12.1. The Morgan fingerprint density at radius 2 is 2.00 bits per heavy atom. The van der Waals surface area contributed by atoms with E-state index in [-0.39, 0.29) is 18.3 Å². The van der Waals surface area contributed by atoms with E-state index in [0.29, 0.717) is 22.7 Å². The third-order valence-electron chi connectivity index (χ3n) is 3.56. The fraction of sp³-hybridized carbons (Fsp3) is 0.188. The predicted molar refractivity (Wildman–Crippen MR) is 76.3 cm³/mol. The van der Waals surface area contributed by atoms with Gasteiger partial charge in [-0.15, -0.1) is 0 Å². The van der Waals surface area contributed by atoms with E-state index in [9.17, 15) is 9.18 Å². The summed E-state index contributed by atoms with van der Waals surface area (Å²) in [5, 5.41) is 0.363. The second-order valence-electron chi connectivity index (χ2n) is 4.87. The normalized spacial score (nSPS) is 14.3. The summed E-state index contributed by atoms with van der Waals surface area (Å²) in [6.45, 7) is 0.883. The number of hydrogen-bond acceptors (Lipinski definition) is 1. The molecule has 0 fully saturated rings. The van der Waals surface area contributed by atoms with Crippen LogP contribution in [0.3, 0.4) is 0 Å². The zero-order valence-corrected chi connectivity index (χ0v) is 11.5. The molecular weight excluding hydrogens is 277 g/mol. The van der Waals surface area contributed by atoms with Gasteiger partial charge in [0.25, 0.3) is 5.91 Å². The third-order valence-corrected chi connectivity index (χ3v) is 3.80. The Labute approximate surface area is 121 Å². The molecule has 2 aromatic carbocycles. The Morgan fingerprint density at radius 3 is 2.80 bits per heavy atom. The number of fused-ring (bicyclic) bond motifs is 1. The highest BCUT2D eigenvalue weighted by molar-refractivity contribution is 6.30. The average molecular weight is 290 g/mol. The van der Waals surface area contributed by atoms with E-state index >= 15 is 0 Å². The summed E-state index contributed by atoms with van der Waals surface area (Å²) in [5.41, 5.74) is 2.26. The molecule has 4 heteroatoms. The van der Waals surface area contributed by atoms with Crippen LogP contribution < -0.4 is 0 Å². The van der Waals surface area contributed by atoms with Crippen LogP contribution >= 0.6 is 11.6 Å². The van der Waals surface area contributed by atoms with Gasteiger partial charge in [0.2, 0.25) is 0 Å². The van der Waals surface area contributed by atoms with Gasteiger partial charge in [0, 0.05) is 29.2 Å². The van der Waals surface area contributed by atoms with Crippen molar-refractivity contribution in [2.75, 3.05) is 6.54 Å². The fourth-order valence-electron chi connectivity index (χ4n) is 2.48. The zero-order valence-electron chi connectivity index (χ0n) is 10.8. The lowest BCUT2D eigenvalue weighted by molar-refractivity contribution is 0.0725. The molecule has 0 saturated carbocycles. The number of nitrogens with zero attached hydrogens (tertiary/aromatic N) is 1. The number of carbonyl (C=O) groups excluding carboxylic acids is 1. The van der Waals surface area contributed by atoms with E-state index in [4.69, 9.17) is 11.6 Å². The van der Waals surface area contributed by atoms with Crippen LogP contribution in [0.5, 0.6) is 0 Å². The Balaban J connectivity index is 1.85. The number of halogens is 2. The van der Waals surface area contributed by atoms with Gasteiger partial charge in [0.15, 0.2) is 0 Å². The van der Waals surface area contributed by atoms with Gasteiger partial charge in [-0.1, -0.05) is 35.9 Å². The molecule has 0 saturated heterocycles. The second-order valence-corrected chi connectivity index (χ2v) is 5.31. The van der Waals surface area contributed by atoms with Crippen LogP contribution in [0, 0.1) is 5.82 Å². The second kappa shape index (κ2) is 5.25. The van der Waals surface area contributed by atoms with Gasteiger partial charge in [0.1, 0.15) is 5.82 Å². The van der Waals surface area contributed by atoms with E-state index in [1.807, 2.05) is 24.3 Å². The molecule has 0 aromatic heterocycles. The van der Waals surface area contributed by atoms with Gasteiger partial charge in [-0.25, -0.2) is 4.39 Å². The quantitative estimate of drug-likeness (QED) is 0.826. The maximum Gasteiger partial charge on any atom is 0.254 e. The molecule has 3 rings (SSSR count). The van der Waals surface area contributed by atoms with Crippen LogP contribution in [-0.4, -0.2) is 17.4 Å². The minimum absolute atomic E-state index is 0.0406. The molecule has 0 radical (unpaired) electrons. The lowest BCUT2D eigenvalue weighted by Crippen LogP contribution is -2.37. The molecule has 2 aromatic rings. The van der Waals surface area contributed by atoms with Gasteiger partial charge in [-0.3, -0.25) is 4.79 Å². The van der Waals surface area contributed by atoms with E-state index in [0.717, 1.165) is 12.0 Å². The summed E-state index contributed by atoms with van der Waals surface area (Å²) < 4.78 is 13.8. The van der Waals surface area contributed by atoms with E-state index in [1.54, 1.807) is 17.0 Å². The summed E-state index contributed by atoms with van der Waals surface area (Å²) >= 11 is 5.73. The monoisotopic (exact) mass is 289 g/mol. The first-order chi connectivity index (χ1) is 9.65. The topological polar surface area (TPSA) is 20.3 Å². The van der Waals surface area contributed by atoms with Crippen molar-refractivity contribution in [2.45, 2.75) is 13.0 Å². The first-order valence-corrected chi connectivity index (χ1v) is 6.84. The highest BCUT2D eigenvalue weighted by Gasteiger charge is 2.24. The summed E-state index contributed by atoms with van der Waals surface area (Å²) in [6.07, 6.45) is 0.803. The van der Waals surface area contributed by atoms with Crippen LogP contribution in [0.2, 0.25) is 5.02 Å². The molecule has 1 amide bonds. The minimum Gasteiger partial charge on any atom is -0.334 e. The lowest BCUT2D eigenvalue weighted by Gasteiger charge is -2.28. The van der Waals surface area contributed by atoms with Gasteiger partial charge in [0.05, 0.1) is 0 Å². The molecule has 0 N–H and O–H groups in total. The maximum atomic E-state index is 13.8. The third kappa shape index (κ3) is 2.41. The van der Waals surface area contributed by atoms with E-state index in [1.165, 1.54) is 6.07 Å². The van der Waals surface area contributed by atoms with Crippen molar-refractivity contribution >= 4 is 17.5 Å². The lowest BCUT2D eigenvalue weighted by atomic mass is 9.98. The zero-order chi connectivity index (χ0) is 14.1. The van der Waals surface area contributed by atoms with Crippen LogP contribution in [-0.2, 0) is 13.0 Å². The smallest absolute Gasteiger partial charge is 0.254 e. The molecule has 1 heterocycles. The SMILES string of the molecule is O=C1c2ccccc2CCN1Cc1ccc(Cl)cc1F. The van der Waals surface area contributed by atoms with Crippen molar-refractivity contribution in [1.82, 2.24) is 4.90 Å². The maximum absolute atomic E-state index is 13.8. The minimum atomic E-state index is -0.371. The molecule has 0 atom stereocenters. The van der Waals surface area contributed by atoms with E-state index < -0.39 is 0 Å². The molecule has 2 nitrogen and oxygen atoms in total. The number of rotatable bonds is 2. The molecule has 1 aliphatic rings. The van der Waals surface area contributed by atoms with Crippen LogP contribution in [0.15, 0.2) is 42.5 Å². The van der Waals surface area contributed by atoms with Crippen LogP contribution in [0.25, 0.3) is 0 Å². The van der Waals surface area contributed by atoms with Gasteiger partial charge in [-0.2, -0.15) is 0 Å². The van der Waals surface area contributed by atoms with Crippen LogP contribution in [0.4, 0.5) is 4.39 Å². The predicted octanol–water partition coefficient (Wildman–Crippen LogP) is 3.68. The van der Waals surface area contributed by atoms with Gasteiger partial charge in [-0.05, 0) is 30.2 Å². The van der Waals surface area contributed by atoms with Gasteiger partial charge < -0.3 is 4.90 Å². The molecule has 0 aliphatic carbocycles. The summed E-state index contributed by atoms with van der Waals surface area (Å²) in [5.74, 6) is -0.412. The average Bonchev–Trinajstić information content (AvgIpc) is 2.45. The Hall–Kier alpha value is -1.87. The number of benzene rings is 2.